The second-order valence-electron chi connectivity index (χ2n) is 8.51. The maximum absolute atomic E-state index is 13.1. The maximum Gasteiger partial charge on any atom is 0.184 e. The van der Waals surface area contributed by atoms with Gasteiger partial charge in [-0.1, -0.05) is 35.9 Å². The molecule has 1 aliphatic rings. The van der Waals surface area contributed by atoms with Crippen LogP contribution in [0.3, 0.4) is 0 Å². The highest BCUT2D eigenvalue weighted by atomic mass is 32.2. The van der Waals surface area contributed by atoms with Crippen LogP contribution in [-0.2, 0) is 26.9 Å². The van der Waals surface area contributed by atoms with Crippen LogP contribution in [0.4, 0.5) is 0 Å². The number of ether oxygens (including phenoxy) is 1. The minimum Gasteiger partial charge on any atom is -0.381 e. The van der Waals surface area contributed by atoms with Crippen LogP contribution in [0.15, 0.2) is 83.7 Å². The smallest absolute Gasteiger partial charge is 0.184 e. The summed E-state index contributed by atoms with van der Waals surface area (Å²) in [5, 5.41) is 9.84. The molecule has 2 aromatic heterocycles. The van der Waals surface area contributed by atoms with Gasteiger partial charge in [-0.2, -0.15) is 5.26 Å². The number of hydrogen-bond donors (Lipinski definition) is 0. The first kappa shape index (κ1) is 24.6. The summed E-state index contributed by atoms with van der Waals surface area (Å²) in [6.45, 7) is 4.13. The second kappa shape index (κ2) is 11.3. The number of hydrogen-bond acceptors (Lipinski definition) is 5. The Hall–Kier alpha value is -3.47. The van der Waals surface area contributed by atoms with Gasteiger partial charge in [0.2, 0.25) is 0 Å². The first-order chi connectivity index (χ1) is 17.0. The molecular formula is C28H29N3O3S. The van der Waals surface area contributed by atoms with E-state index in [2.05, 4.69) is 27.9 Å². The van der Waals surface area contributed by atoms with E-state index in [1.54, 1.807) is 49.5 Å². The summed E-state index contributed by atoms with van der Waals surface area (Å²) in [5.74, 6) is -0.283. The lowest BCUT2D eigenvalue weighted by Crippen LogP contribution is -2.09. The molecule has 0 saturated heterocycles. The van der Waals surface area contributed by atoms with E-state index in [1.165, 1.54) is 5.57 Å². The van der Waals surface area contributed by atoms with Gasteiger partial charge in [-0.3, -0.25) is 4.98 Å². The van der Waals surface area contributed by atoms with E-state index in [4.69, 9.17) is 4.74 Å². The SMILES string of the molecule is C/C=C(/C#N)c1c(-c2ccn(CC3=CCCOCCC3)c2)ccnc1CS(=O)(=O)c1ccccc1. The minimum absolute atomic E-state index is 0.237. The molecule has 0 aliphatic carbocycles. The van der Waals surface area contributed by atoms with E-state index in [0.29, 0.717) is 16.8 Å². The Morgan fingerprint density at radius 2 is 2.03 bits per heavy atom. The van der Waals surface area contributed by atoms with Gasteiger partial charge < -0.3 is 9.30 Å². The molecule has 35 heavy (non-hydrogen) atoms. The molecule has 180 valence electrons. The quantitative estimate of drug-likeness (QED) is 0.321. The fourth-order valence-corrected chi connectivity index (χ4v) is 5.66. The Balaban J connectivity index is 1.70. The van der Waals surface area contributed by atoms with Crippen LogP contribution in [0.5, 0.6) is 0 Å². The summed E-state index contributed by atoms with van der Waals surface area (Å²) in [5.41, 5.74) is 4.44. The van der Waals surface area contributed by atoms with Crippen molar-refractivity contribution in [3.05, 3.63) is 90.0 Å². The monoisotopic (exact) mass is 487 g/mol. The van der Waals surface area contributed by atoms with Crippen LogP contribution >= 0.6 is 0 Å². The third kappa shape index (κ3) is 5.97. The molecule has 0 fully saturated rings. The van der Waals surface area contributed by atoms with E-state index in [-0.39, 0.29) is 10.6 Å². The zero-order valence-corrected chi connectivity index (χ0v) is 20.7. The number of rotatable bonds is 7. The molecule has 0 spiro atoms. The predicted molar refractivity (Wildman–Crippen MR) is 137 cm³/mol. The maximum atomic E-state index is 13.1. The fourth-order valence-electron chi connectivity index (χ4n) is 4.34. The van der Waals surface area contributed by atoms with Crippen molar-refractivity contribution in [3.8, 4) is 17.2 Å². The molecule has 4 rings (SSSR count). The Kier molecular flexibility index (Phi) is 7.96. The van der Waals surface area contributed by atoms with Gasteiger partial charge in [0.25, 0.3) is 0 Å². The van der Waals surface area contributed by atoms with Gasteiger partial charge in [-0.25, -0.2) is 8.42 Å². The third-order valence-corrected chi connectivity index (χ3v) is 7.71. The van der Waals surface area contributed by atoms with Crippen molar-refractivity contribution in [2.75, 3.05) is 13.2 Å². The van der Waals surface area contributed by atoms with Gasteiger partial charge in [0, 0.05) is 42.9 Å². The molecule has 3 aromatic rings. The highest BCUT2D eigenvalue weighted by molar-refractivity contribution is 7.90. The van der Waals surface area contributed by atoms with Gasteiger partial charge in [-0.15, -0.1) is 0 Å². The molecule has 3 heterocycles. The zero-order chi connectivity index (χ0) is 24.7. The van der Waals surface area contributed by atoms with Crippen molar-refractivity contribution < 1.29 is 13.2 Å². The average Bonchev–Trinajstić information content (AvgIpc) is 3.31. The van der Waals surface area contributed by atoms with Crippen LogP contribution in [0.25, 0.3) is 16.7 Å². The molecule has 0 N–H and O–H groups in total. The highest BCUT2D eigenvalue weighted by Crippen LogP contribution is 2.33. The first-order valence-corrected chi connectivity index (χ1v) is 13.4. The van der Waals surface area contributed by atoms with E-state index in [9.17, 15) is 13.7 Å². The lowest BCUT2D eigenvalue weighted by Gasteiger charge is -2.14. The molecule has 7 heteroatoms. The number of nitrogens with zero attached hydrogens (tertiary/aromatic N) is 3. The van der Waals surface area contributed by atoms with Crippen molar-refractivity contribution in [1.29, 1.82) is 5.26 Å². The van der Waals surface area contributed by atoms with Crippen molar-refractivity contribution in [3.63, 3.8) is 0 Å². The molecule has 0 radical (unpaired) electrons. The standard InChI is InChI=1S/C28H29N3O3S/c1-2-23(18-29)28-26(12-14-30-27(28)21-35(32,33)25-10-4-3-5-11-25)24-13-15-31(20-24)19-22-8-6-16-34-17-7-9-22/h2-5,8,10-15,20H,6-7,9,16-17,19,21H2,1H3/b22-8?,23-2-. The van der Waals surface area contributed by atoms with Crippen LogP contribution < -0.4 is 0 Å². The highest BCUT2D eigenvalue weighted by Gasteiger charge is 2.22. The largest absolute Gasteiger partial charge is 0.381 e. The molecule has 0 saturated carbocycles. The van der Waals surface area contributed by atoms with Gasteiger partial charge in [0.15, 0.2) is 9.84 Å². The molecule has 1 aromatic carbocycles. The Morgan fingerprint density at radius 1 is 1.20 bits per heavy atom. The predicted octanol–water partition coefficient (Wildman–Crippen LogP) is 5.58. The molecule has 0 atom stereocenters. The summed E-state index contributed by atoms with van der Waals surface area (Å²) >= 11 is 0. The molecule has 0 amide bonds. The lowest BCUT2D eigenvalue weighted by molar-refractivity contribution is 0.133. The zero-order valence-electron chi connectivity index (χ0n) is 19.9. The summed E-state index contributed by atoms with van der Waals surface area (Å²) < 4.78 is 33.9. The Bertz CT molecular complexity index is 1380. The molecule has 6 nitrogen and oxygen atoms in total. The van der Waals surface area contributed by atoms with Gasteiger partial charge in [0.1, 0.15) is 0 Å². The Labute approximate surface area is 207 Å². The van der Waals surface area contributed by atoms with Gasteiger partial charge in [-0.05, 0) is 56.0 Å². The molecule has 1 aliphatic heterocycles. The van der Waals surface area contributed by atoms with Crippen LogP contribution in [0.1, 0.15) is 37.4 Å². The number of benzene rings is 1. The average molecular weight is 488 g/mol. The number of allylic oxidation sites excluding steroid dienone is 3. The van der Waals surface area contributed by atoms with E-state index in [0.717, 1.165) is 50.1 Å². The van der Waals surface area contributed by atoms with Crippen molar-refractivity contribution in [2.45, 2.75) is 43.4 Å². The van der Waals surface area contributed by atoms with Gasteiger partial charge >= 0.3 is 0 Å². The normalized spacial score (nSPS) is 15.1. The van der Waals surface area contributed by atoms with E-state index >= 15 is 0 Å². The minimum atomic E-state index is -3.63. The van der Waals surface area contributed by atoms with Gasteiger partial charge in [0.05, 0.1) is 34.6 Å². The second-order valence-corrected chi connectivity index (χ2v) is 10.5. The van der Waals surface area contributed by atoms with E-state index < -0.39 is 9.84 Å². The summed E-state index contributed by atoms with van der Waals surface area (Å²) in [4.78, 5) is 4.65. The molecular weight excluding hydrogens is 458 g/mol. The number of pyridine rings is 1. The third-order valence-electron chi connectivity index (χ3n) is 6.07. The molecule has 0 unspecified atom stereocenters. The summed E-state index contributed by atoms with van der Waals surface area (Å²) in [6, 6.07) is 14.4. The van der Waals surface area contributed by atoms with E-state index in [1.807, 2.05) is 18.3 Å². The summed E-state index contributed by atoms with van der Waals surface area (Å²) in [7, 11) is -3.63. The van der Waals surface area contributed by atoms with Crippen LogP contribution in [0.2, 0.25) is 0 Å². The van der Waals surface area contributed by atoms with Crippen molar-refractivity contribution in [1.82, 2.24) is 9.55 Å². The Morgan fingerprint density at radius 3 is 2.80 bits per heavy atom. The van der Waals surface area contributed by atoms with Crippen LogP contribution in [0, 0.1) is 11.3 Å². The van der Waals surface area contributed by atoms with Crippen molar-refractivity contribution in [2.24, 2.45) is 0 Å². The van der Waals surface area contributed by atoms with Crippen LogP contribution in [-0.4, -0.2) is 31.2 Å². The molecule has 0 bridgehead atoms. The lowest BCUT2D eigenvalue weighted by atomic mass is 9.95. The number of sulfone groups is 1. The topological polar surface area (TPSA) is 85.0 Å². The number of nitriles is 1. The first-order valence-electron chi connectivity index (χ1n) is 11.8. The fraction of sp³-hybridized carbons (Fsp3) is 0.286. The van der Waals surface area contributed by atoms with Crippen molar-refractivity contribution >= 4 is 15.4 Å². The summed E-state index contributed by atoms with van der Waals surface area (Å²) in [6.07, 6.45) is 12.6. The number of aromatic nitrogens is 2.